The van der Waals surface area contributed by atoms with E-state index in [9.17, 15) is 22.8 Å². The normalized spacial score (nSPS) is 14.7. The molecule has 1 N–H and O–H groups in total. The lowest BCUT2D eigenvalue weighted by Crippen LogP contribution is -2.51. The number of anilines is 1. The fourth-order valence-electron chi connectivity index (χ4n) is 2.72. The number of alkyl halides is 3. The van der Waals surface area contributed by atoms with Crippen molar-refractivity contribution in [1.29, 1.82) is 0 Å². The van der Waals surface area contributed by atoms with Crippen LogP contribution in [0.15, 0.2) is 47.1 Å². The Labute approximate surface area is 158 Å². The third-order valence-electron chi connectivity index (χ3n) is 4.11. The van der Waals surface area contributed by atoms with Crippen LogP contribution in [0, 0.1) is 0 Å². The standard InChI is InChI=1S/C18H18F3N3O4/c19-18(20,21)12-28-14-5-2-1-4-13(14)22-17(26)24-9-7-23(8-10-24)16(25)15-6-3-11-27-15/h1-6,11H,7-10,12H2,(H,22,26). The molecule has 1 saturated heterocycles. The maximum absolute atomic E-state index is 12.4. The number of halogens is 3. The number of amides is 3. The van der Waals surface area contributed by atoms with Crippen LogP contribution in [0.3, 0.4) is 0 Å². The van der Waals surface area contributed by atoms with Crippen LogP contribution in [-0.4, -0.2) is 60.7 Å². The zero-order chi connectivity index (χ0) is 20.1. The van der Waals surface area contributed by atoms with Gasteiger partial charge in [-0.1, -0.05) is 12.1 Å². The first kappa shape index (κ1) is 19.6. The molecule has 10 heteroatoms. The molecule has 28 heavy (non-hydrogen) atoms. The van der Waals surface area contributed by atoms with Gasteiger partial charge in [-0.15, -0.1) is 0 Å². The molecular formula is C18H18F3N3O4. The lowest BCUT2D eigenvalue weighted by molar-refractivity contribution is -0.153. The molecule has 7 nitrogen and oxygen atoms in total. The van der Waals surface area contributed by atoms with Crippen molar-refractivity contribution < 1.29 is 31.9 Å². The lowest BCUT2D eigenvalue weighted by atomic mass is 10.2. The number of benzene rings is 1. The van der Waals surface area contributed by atoms with E-state index in [1.165, 1.54) is 29.4 Å². The van der Waals surface area contributed by atoms with E-state index < -0.39 is 18.8 Å². The number of nitrogens with zero attached hydrogens (tertiary/aromatic N) is 2. The molecule has 0 spiro atoms. The highest BCUT2D eigenvalue weighted by Gasteiger charge is 2.29. The van der Waals surface area contributed by atoms with Crippen LogP contribution in [0.2, 0.25) is 0 Å². The van der Waals surface area contributed by atoms with Crippen LogP contribution in [-0.2, 0) is 0 Å². The Bertz CT molecular complexity index is 816. The molecule has 0 bridgehead atoms. The number of furan rings is 1. The number of ether oxygens (including phenoxy) is 1. The molecule has 0 unspecified atom stereocenters. The highest BCUT2D eigenvalue weighted by atomic mass is 19.4. The summed E-state index contributed by atoms with van der Waals surface area (Å²) in [5.74, 6) is -0.0931. The van der Waals surface area contributed by atoms with Crippen molar-refractivity contribution in [2.75, 3.05) is 38.1 Å². The van der Waals surface area contributed by atoms with Gasteiger partial charge in [0.1, 0.15) is 5.75 Å². The molecule has 1 aromatic carbocycles. The summed E-state index contributed by atoms with van der Waals surface area (Å²) in [4.78, 5) is 27.7. The summed E-state index contributed by atoms with van der Waals surface area (Å²) >= 11 is 0. The maximum Gasteiger partial charge on any atom is 0.422 e. The fraction of sp³-hybridized carbons (Fsp3) is 0.333. The molecule has 0 atom stereocenters. The minimum atomic E-state index is -4.48. The van der Waals surface area contributed by atoms with E-state index in [0.717, 1.165) is 0 Å². The molecular weight excluding hydrogens is 379 g/mol. The van der Waals surface area contributed by atoms with Gasteiger partial charge < -0.3 is 24.3 Å². The van der Waals surface area contributed by atoms with Crippen LogP contribution >= 0.6 is 0 Å². The smallest absolute Gasteiger partial charge is 0.422 e. The van der Waals surface area contributed by atoms with Crippen molar-refractivity contribution in [2.45, 2.75) is 6.18 Å². The van der Waals surface area contributed by atoms with E-state index in [-0.39, 0.29) is 36.2 Å². The van der Waals surface area contributed by atoms with Crippen molar-refractivity contribution in [3.63, 3.8) is 0 Å². The number of carbonyl (C=O) groups is 2. The monoisotopic (exact) mass is 397 g/mol. The summed E-state index contributed by atoms with van der Waals surface area (Å²) in [7, 11) is 0. The zero-order valence-corrected chi connectivity index (χ0v) is 14.7. The van der Waals surface area contributed by atoms with Crippen LogP contribution in [0.25, 0.3) is 0 Å². The number of rotatable bonds is 4. The minimum Gasteiger partial charge on any atom is -0.482 e. The van der Waals surface area contributed by atoms with Crippen LogP contribution in [0.5, 0.6) is 5.75 Å². The summed E-state index contributed by atoms with van der Waals surface area (Å²) < 4.78 is 47.0. The Morgan fingerprint density at radius 2 is 1.71 bits per heavy atom. The van der Waals surface area contributed by atoms with Gasteiger partial charge in [0.25, 0.3) is 5.91 Å². The van der Waals surface area contributed by atoms with Gasteiger partial charge >= 0.3 is 12.2 Å². The van der Waals surface area contributed by atoms with Crippen LogP contribution in [0.4, 0.5) is 23.7 Å². The number of carbonyl (C=O) groups excluding carboxylic acids is 2. The van der Waals surface area contributed by atoms with E-state index >= 15 is 0 Å². The van der Waals surface area contributed by atoms with Crippen molar-refractivity contribution in [3.05, 3.63) is 48.4 Å². The molecule has 0 aliphatic carbocycles. The van der Waals surface area contributed by atoms with E-state index in [1.807, 2.05) is 0 Å². The second-order valence-electron chi connectivity index (χ2n) is 6.09. The molecule has 1 aromatic heterocycles. The molecule has 2 heterocycles. The van der Waals surface area contributed by atoms with E-state index in [2.05, 4.69) is 5.32 Å². The zero-order valence-electron chi connectivity index (χ0n) is 14.7. The average Bonchev–Trinajstić information content (AvgIpc) is 3.21. The van der Waals surface area contributed by atoms with E-state index in [4.69, 9.17) is 9.15 Å². The highest BCUT2D eigenvalue weighted by Crippen LogP contribution is 2.26. The number of hydrogen-bond donors (Lipinski definition) is 1. The third-order valence-corrected chi connectivity index (χ3v) is 4.11. The molecule has 150 valence electrons. The highest BCUT2D eigenvalue weighted by molar-refractivity contribution is 5.93. The molecule has 0 radical (unpaired) electrons. The van der Waals surface area contributed by atoms with Crippen molar-refractivity contribution in [2.24, 2.45) is 0 Å². The molecule has 1 aliphatic heterocycles. The van der Waals surface area contributed by atoms with Gasteiger partial charge in [-0.25, -0.2) is 4.79 Å². The number of nitrogens with one attached hydrogen (secondary N) is 1. The minimum absolute atomic E-state index is 0.0696. The summed E-state index contributed by atoms with van der Waals surface area (Å²) in [6.07, 6.45) is -3.07. The number of urea groups is 1. The second kappa shape index (κ2) is 8.24. The van der Waals surface area contributed by atoms with Crippen LogP contribution in [0.1, 0.15) is 10.6 Å². The number of para-hydroxylation sites is 2. The van der Waals surface area contributed by atoms with Crippen molar-refractivity contribution in [1.82, 2.24) is 9.80 Å². The topological polar surface area (TPSA) is 75.0 Å². The van der Waals surface area contributed by atoms with Gasteiger partial charge in [0, 0.05) is 26.2 Å². The third kappa shape index (κ3) is 4.96. The first-order chi connectivity index (χ1) is 13.3. The van der Waals surface area contributed by atoms with Gasteiger partial charge in [-0.3, -0.25) is 4.79 Å². The van der Waals surface area contributed by atoms with Crippen molar-refractivity contribution >= 4 is 17.6 Å². The molecule has 0 saturated carbocycles. The van der Waals surface area contributed by atoms with Gasteiger partial charge in [0.05, 0.1) is 12.0 Å². The van der Waals surface area contributed by atoms with Crippen LogP contribution < -0.4 is 10.1 Å². The Kier molecular flexibility index (Phi) is 5.76. The molecule has 3 rings (SSSR count). The quantitative estimate of drug-likeness (QED) is 0.860. The first-order valence-corrected chi connectivity index (χ1v) is 8.51. The van der Waals surface area contributed by atoms with E-state index in [0.29, 0.717) is 13.1 Å². The van der Waals surface area contributed by atoms with Gasteiger partial charge in [-0.05, 0) is 24.3 Å². The fourth-order valence-corrected chi connectivity index (χ4v) is 2.72. The largest absolute Gasteiger partial charge is 0.482 e. The predicted octanol–water partition coefficient (Wildman–Crippen LogP) is 3.21. The summed E-state index contributed by atoms with van der Waals surface area (Å²) in [6.45, 7) is -0.250. The average molecular weight is 397 g/mol. The maximum atomic E-state index is 12.4. The Hall–Kier alpha value is -3.17. The molecule has 1 fully saturated rings. The number of piperazine rings is 1. The van der Waals surface area contributed by atoms with Gasteiger partial charge in [-0.2, -0.15) is 13.2 Å². The van der Waals surface area contributed by atoms with Gasteiger partial charge in [0.2, 0.25) is 0 Å². The van der Waals surface area contributed by atoms with E-state index in [1.54, 1.807) is 23.1 Å². The first-order valence-electron chi connectivity index (χ1n) is 8.51. The lowest BCUT2D eigenvalue weighted by Gasteiger charge is -2.34. The predicted molar refractivity (Wildman–Crippen MR) is 93.2 cm³/mol. The molecule has 2 aromatic rings. The second-order valence-corrected chi connectivity index (χ2v) is 6.09. The Balaban J connectivity index is 1.56. The Morgan fingerprint density at radius 1 is 1.04 bits per heavy atom. The van der Waals surface area contributed by atoms with Crippen molar-refractivity contribution in [3.8, 4) is 5.75 Å². The SMILES string of the molecule is O=C(Nc1ccccc1OCC(F)(F)F)N1CCN(C(=O)c2ccco2)CC1. The van der Waals surface area contributed by atoms with Gasteiger partial charge in [0.15, 0.2) is 12.4 Å². The summed E-state index contributed by atoms with van der Waals surface area (Å²) in [5.41, 5.74) is 0.144. The molecule has 3 amide bonds. The summed E-state index contributed by atoms with van der Waals surface area (Å²) in [5, 5.41) is 2.56. The molecule has 1 aliphatic rings. The Morgan fingerprint density at radius 3 is 2.36 bits per heavy atom. The number of hydrogen-bond acceptors (Lipinski definition) is 4. The summed E-state index contributed by atoms with van der Waals surface area (Å²) in [6, 6.07) is 8.61.